The zero-order valence-electron chi connectivity index (χ0n) is 15.1. The van der Waals surface area contributed by atoms with Crippen LogP contribution in [0.5, 0.6) is 0 Å². The second-order valence-electron chi connectivity index (χ2n) is 6.54. The first-order valence-corrected chi connectivity index (χ1v) is 9.09. The van der Waals surface area contributed by atoms with E-state index in [0.29, 0.717) is 12.0 Å². The highest BCUT2D eigenvalue weighted by atomic mass is 35.5. The highest BCUT2D eigenvalue weighted by Crippen LogP contribution is 2.19. The van der Waals surface area contributed by atoms with Gasteiger partial charge >= 0.3 is 0 Å². The van der Waals surface area contributed by atoms with Crippen LogP contribution in [0.1, 0.15) is 46.0 Å². The normalized spacial score (nSPS) is 23.0. The molecule has 0 aromatic rings. The van der Waals surface area contributed by atoms with Crippen LogP contribution in [0.15, 0.2) is 0 Å². The summed E-state index contributed by atoms with van der Waals surface area (Å²) in [6.07, 6.45) is 5.64. The van der Waals surface area contributed by atoms with Crippen molar-refractivity contribution in [1.82, 2.24) is 15.5 Å². The van der Waals surface area contributed by atoms with E-state index in [4.69, 9.17) is 4.74 Å². The van der Waals surface area contributed by atoms with Gasteiger partial charge in [0, 0.05) is 25.7 Å². The molecule has 2 N–H and O–H groups in total. The molecular formula is C17H35Cl2N3O2. The summed E-state index contributed by atoms with van der Waals surface area (Å²) in [7, 11) is 0. The molecule has 0 aromatic heterocycles. The Bertz CT molecular complexity index is 332. The van der Waals surface area contributed by atoms with Crippen molar-refractivity contribution in [3.63, 3.8) is 0 Å². The number of carbonyl (C=O) groups is 1. The van der Waals surface area contributed by atoms with Gasteiger partial charge in [-0.05, 0) is 25.3 Å². The van der Waals surface area contributed by atoms with Gasteiger partial charge < -0.3 is 15.4 Å². The van der Waals surface area contributed by atoms with E-state index in [2.05, 4.69) is 29.4 Å². The molecule has 2 unspecified atom stereocenters. The van der Waals surface area contributed by atoms with Crippen LogP contribution in [0.2, 0.25) is 0 Å². The zero-order chi connectivity index (χ0) is 15.8. The molecule has 0 spiro atoms. The van der Waals surface area contributed by atoms with Crippen molar-refractivity contribution in [2.75, 3.05) is 39.4 Å². The highest BCUT2D eigenvalue weighted by molar-refractivity contribution is 5.85. The van der Waals surface area contributed by atoms with Gasteiger partial charge in [-0.2, -0.15) is 0 Å². The molecule has 2 aliphatic rings. The van der Waals surface area contributed by atoms with Crippen molar-refractivity contribution in [3.8, 4) is 0 Å². The van der Waals surface area contributed by atoms with Gasteiger partial charge in [-0.25, -0.2) is 0 Å². The fraction of sp³-hybridized carbons (Fsp3) is 0.941. The van der Waals surface area contributed by atoms with Crippen molar-refractivity contribution in [2.45, 2.75) is 58.0 Å². The second-order valence-corrected chi connectivity index (χ2v) is 6.54. The highest BCUT2D eigenvalue weighted by Gasteiger charge is 2.28. The fourth-order valence-corrected chi connectivity index (χ4v) is 3.74. The van der Waals surface area contributed by atoms with Crippen molar-refractivity contribution in [3.05, 3.63) is 0 Å². The first-order valence-electron chi connectivity index (χ1n) is 9.09. The van der Waals surface area contributed by atoms with E-state index >= 15 is 0 Å². The van der Waals surface area contributed by atoms with Crippen molar-refractivity contribution in [2.24, 2.45) is 5.92 Å². The minimum atomic E-state index is 0. The Morgan fingerprint density at radius 3 is 2.42 bits per heavy atom. The first kappa shape index (κ1) is 23.9. The summed E-state index contributed by atoms with van der Waals surface area (Å²) in [5.74, 6) is 0.821. The zero-order valence-corrected chi connectivity index (χ0v) is 16.7. The van der Waals surface area contributed by atoms with E-state index in [1.54, 1.807) is 0 Å². The number of rotatable bonds is 7. The second kappa shape index (κ2) is 13.2. The standard InChI is InChI=1S/C17H33N3O2.2ClH/c1-3-14(4-2)16(20-9-11-22-12-10-20)13-19-17(21)15-7-5-6-8-18-15;;/h14-16,18H,3-13H2,1-2H3,(H,19,21);2*1H. The number of halogens is 2. The average Bonchev–Trinajstić information content (AvgIpc) is 2.60. The molecule has 2 heterocycles. The average molecular weight is 384 g/mol. The summed E-state index contributed by atoms with van der Waals surface area (Å²) < 4.78 is 5.48. The summed E-state index contributed by atoms with van der Waals surface area (Å²) in [6, 6.07) is 0.451. The molecule has 0 bridgehead atoms. The van der Waals surface area contributed by atoms with Crippen LogP contribution in [0.3, 0.4) is 0 Å². The van der Waals surface area contributed by atoms with Crippen molar-refractivity contribution < 1.29 is 9.53 Å². The van der Waals surface area contributed by atoms with Crippen LogP contribution in [-0.2, 0) is 9.53 Å². The quantitative estimate of drug-likeness (QED) is 0.707. The summed E-state index contributed by atoms with van der Waals surface area (Å²) in [4.78, 5) is 14.9. The minimum absolute atomic E-state index is 0. The number of ether oxygens (including phenoxy) is 1. The molecule has 5 nitrogen and oxygen atoms in total. The fourth-order valence-electron chi connectivity index (χ4n) is 3.74. The number of morpholine rings is 1. The molecular weight excluding hydrogens is 349 g/mol. The molecule has 24 heavy (non-hydrogen) atoms. The van der Waals surface area contributed by atoms with E-state index in [1.165, 1.54) is 6.42 Å². The lowest BCUT2D eigenvalue weighted by Crippen LogP contribution is -2.54. The number of piperidine rings is 1. The minimum Gasteiger partial charge on any atom is -0.379 e. The Hall–Kier alpha value is -0.0700. The molecule has 7 heteroatoms. The molecule has 0 aliphatic carbocycles. The van der Waals surface area contributed by atoms with Crippen LogP contribution in [-0.4, -0.2) is 62.3 Å². The topological polar surface area (TPSA) is 53.6 Å². The Morgan fingerprint density at radius 1 is 1.21 bits per heavy atom. The SMILES string of the molecule is CCC(CC)C(CNC(=O)C1CCCCN1)N1CCOCC1.Cl.Cl. The summed E-state index contributed by atoms with van der Waals surface area (Å²) in [6.45, 7) is 9.85. The van der Waals surface area contributed by atoms with Gasteiger partial charge in [-0.3, -0.25) is 9.69 Å². The molecule has 0 radical (unpaired) electrons. The molecule has 2 saturated heterocycles. The van der Waals surface area contributed by atoms with Crippen LogP contribution in [0, 0.1) is 5.92 Å². The molecule has 0 aromatic carbocycles. The van der Waals surface area contributed by atoms with Crippen LogP contribution in [0.25, 0.3) is 0 Å². The Balaban J connectivity index is 0.00000264. The Kier molecular flexibility index (Phi) is 13.1. The largest absolute Gasteiger partial charge is 0.379 e. The van der Waals surface area contributed by atoms with Crippen LogP contribution >= 0.6 is 24.8 Å². The molecule has 2 aliphatic heterocycles. The Labute approximate surface area is 159 Å². The lowest BCUT2D eigenvalue weighted by molar-refractivity contribution is -0.124. The predicted molar refractivity (Wildman–Crippen MR) is 103 cm³/mol. The number of nitrogens with zero attached hydrogens (tertiary/aromatic N) is 1. The van der Waals surface area contributed by atoms with Crippen LogP contribution < -0.4 is 10.6 Å². The molecule has 2 atom stereocenters. The van der Waals surface area contributed by atoms with Gasteiger partial charge in [0.15, 0.2) is 0 Å². The van der Waals surface area contributed by atoms with Crippen molar-refractivity contribution in [1.29, 1.82) is 0 Å². The summed E-state index contributed by atoms with van der Waals surface area (Å²) in [5.41, 5.74) is 0. The third-order valence-corrected chi connectivity index (χ3v) is 5.22. The number of nitrogens with one attached hydrogen (secondary N) is 2. The maximum absolute atomic E-state index is 12.4. The van der Waals surface area contributed by atoms with Gasteiger partial charge in [0.05, 0.1) is 19.3 Å². The first-order chi connectivity index (χ1) is 10.8. The monoisotopic (exact) mass is 383 g/mol. The van der Waals surface area contributed by atoms with Crippen LogP contribution in [0.4, 0.5) is 0 Å². The van der Waals surface area contributed by atoms with E-state index < -0.39 is 0 Å². The maximum Gasteiger partial charge on any atom is 0.237 e. The van der Waals surface area contributed by atoms with Gasteiger partial charge in [0.25, 0.3) is 0 Å². The number of amides is 1. The van der Waals surface area contributed by atoms with Gasteiger partial charge in [0.2, 0.25) is 5.91 Å². The third kappa shape index (κ3) is 7.04. The summed E-state index contributed by atoms with van der Waals surface area (Å²) >= 11 is 0. The number of carbonyl (C=O) groups excluding carboxylic acids is 1. The molecule has 0 saturated carbocycles. The Morgan fingerprint density at radius 2 is 1.88 bits per heavy atom. The lowest BCUT2D eigenvalue weighted by Gasteiger charge is -2.39. The molecule has 144 valence electrons. The number of hydrogen-bond donors (Lipinski definition) is 2. The molecule has 2 rings (SSSR count). The van der Waals surface area contributed by atoms with E-state index in [1.807, 2.05) is 0 Å². The predicted octanol–water partition coefficient (Wildman–Crippen LogP) is 2.23. The smallest absolute Gasteiger partial charge is 0.237 e. The third-order valence-electron chi connectivity index (χ3n) is 5.22. The van der Waals surface area contributed by atoms with E-state index in [0.717, 1.165) is 65.1 Å². The maximum atomic E-state index is 12.4. The molecule has 1 amide bonds. The van der Waals surface area contributed by atoms with Gasteiger partial charge in [-0.15, -0.1) is 24.8 Å². The lowest BCUT2D eigenvalue weighted by atomic mass is 9.92. The van der Waals surface area contributed by atoms with Gasteiger partial charge in [-0.1, -0.05) is 33.1 Å². The van der Waals surface area contributed by atoms with Crippen molar-refractivity contribution >= 4 is 30.7 Å². The van der Waals surface area contributed by atoms with Gasteiger partial charge in [0.1, 0.15) is 0 Å². The number of hydrogen-bond acceptors (Lipinski definition) is 4. The van der Waals surface area contributed by atoms with E-state index in [9.17, 15) is 4.79 Å². The van der Waals surface area contributed by atoms with E-state index in [-0.39, 0.29) is 36.8 Å². The molecule has 2 fully saturated rings. The summed E-state index contributed by atoms with van der Waals surface area (Å²) in [5, 5.41) is 6.55.